The molecule has 120 valence electrons. The van der Waals surface area contributed by atoms with Crippen LogP contribution in [0.1, 0.15) is 37.4 Å². The third kappa shape index (κ3) is 2.81. The van der Waals surface area contributed by atoms with Gasteiger partial charge in [-0.15, -0.1) is 0 Å². The maximum atomic E-state index is 4.83. The summed E-state index contributed by atoms with van der Waals surface area (Å²) in [6.45, 7) is 1.75. The van der Waals surface area contributed by atoms with E-state index in [0.717, 1.165) is 35.8 Å². The van der Waals surface area contributed by atoms with Gasteiger partial charge in [0.05, 0.1) is 11.6 Å². The van der Waals surface area contributed by atoms with Crippen molar-refractivity contribution in [2.75, 3.05) is 11.9 Å². The molecular weight excluding hydrogens is 288 g/mol. The zero-order valence-corrected chi connectivity index (χ0v) is 13.4. The average Bonchev–Trinajstić information content (AvgIpc) is 3.29. The van der Waals surface area contributed by atoms with Gasteiger partial charge >= 0.3 is 0 Å². The van der Waals surface area contributed by atoms with Gasteiger partial charge in [-0.05, 0) is 25.0 Å². The van der Waals surface area contributed by atoms with Gasteiger partial charge in [-0.3, -0.25) is 4.68 Å². The number of hydrogen-bond acceptors (Lipinski definition) is 4. The van der Waals surface area contributed by atoms with Gasteiger partial charge in [-0.25, -0.2) is 9.97 Å². The summed E-state index contributed by atoms with van der Waals surface area (Å²) < 4.78 is 4.00. The summed E-state index contributed by atoms with van der Waals surface area (Å²) in [4.78, 5) is 9.61. The maximum Gasteiger partial charge on any atom is 0.163 e. The first-order valence-corrected chi connectivity index (χ1v) is 8.35. The lowest BCUT2D eigenvalue weighted by atomic mass is 10.1. The SMILES string of the molecule is Cn1ncc2c(NCCn3cccc3)nc(C3CCCC3)nc21. The minimum absolute atomic E-state index is 0.499. The van der Waals surface area contributed by atoms with E-state index in [1.54, 1.807) is 0 Å². The molecule has 1 saturated carbocycles. The Labute approximate surface area is 135 Å². The highest BCUT2D eigenvalue weighted by molar-refractivity contribution is 5.86. The second kappa shape index (κ2) is 6.02. The molecule has 1 fully saturated rings. The van der Waals surface area contributed by atoms with Gasteiger partial charge in [0.25, 0.3) is 0 Å². The van der Waals surface area contributed by atoms with Crippen LogP contribution in [0.25, 0.3) is 11.0 Å². The van der Waals surface area contributed by atoms with Gasteiger partial charge in [-0.2, -0.15) is 5.10 Å². The lowest BCUT2D eigenvalue weighted by Crippen LogP contribution is -2.12. The van der Waals surface area contributed by atoms with Crippen molar-refractivity contribution in [1.29, 1.82) is 0 Å². The van der Waals surface area contributed by atoms with Crippen LogP contribution in [-0.4, -0.2) is 30.9 Å². The molecule has 0 bridgehead atoms. The fourth-order valence-corrected chi connectivity index (χ4v) is 3.36. The van der Waals surface area contributed by atoms with Crippen LogP contribution in [0.5, 0.6) is 0 Å². The number of nitrogens with one attached hydrogen (secondary N) is 1. The second-order valence-electron chi connectivity index (χ2n) is 6.26. The van der Waals surface area contributed by atoms with E-state index in [2.05, 4.69) is 27.4 Å². The third-order valence-electron chi connectivity index (χ3n) is 4.66. The van der Waals surface area contributed by atoms with Gasteiger partial charge in [-0.1, -0.05) is 12.8 Å². The van der Waals surface area contributed by atoms with Gasteiger partial charge in [0.15, 0.2) is 5.65 Å². The van der Waals surface area contributed by atoms with E-state index in [1.807, 2.05) is 30.1 Å². The Kier molecular flexibility index (Phi) is 3.73. The molecule has 4 rings (SSSR count). The summed E-state index contributed by atoms with van der Waals surface area (Å²) in [6, 6.07) is 4.09. The Morgan fingerprint density at radius 1 is 1.17 bits per heavy atom. The molecule has 6 nitrogen and oxygen atoms in total. The highest BCUT2D eigenvalue weighted by Crippen LogP contribution is 2.33. The molecule has 0 spiro atoms. The smallest absolute Gasteiger partial charge is 0.163 e. The molecule has 3 heterocycles. The average molecular weight is 310 g/mol. The second-order valence-corrected chi connectivity index (χ2v) is 6.26. The van der Waals surface area contributed by atoms with Crippen molar-refractivity contribution in [3.8, 4) is 0 Å². The molecule has 0 radical (unpaired) electrons. The number of fused-ring (bicyclic) bond motifs is 1. The molecule has 23 heavy (non-hydrogen) atoms. The monoisotopic (exact) mass is 310 g/mol. The van der Waals surface area contributed by atoms with Crippen molar-refractivity contribution in [1.82, 2.24) is 24.3 Å². The first-order chi connectivity index (χ1) is 11.3. The Bertz CT molecular complexity index is 783. The van der Waals surface area contributed by atoms with Crippen LogP contribution in [0, 0.1) is 0 Å². The minimum Gasteiger partial charge on any atom is -0.368 e. The molecule has 0 atom stereocenters. The first kappa shape index (κ1) is 14.2. The van der Waals surface area contributed by atoms with Crippen molar-refractivity contribution in [2.24, 2.45) is 7.05 Å². The van der Waals surface area contributed by atoms with Gasteiger partial charge < -0.3 is 9.88 Å². The summed E-state index contributed by atoms with van der Waals surface area (Å²) in [5.74, 6) is 2.39. The number of rotatable bonds is 5. The number of aromatic nitrogens is 5. The predicted octanol–water partition coefficient (Wildman–Crippen LogP) is 2.93. The lowest BCUT2D eigenvalue weighted by Gasteiger charge is -2.12. The van der Waals surface area contributed by atoms with Gasteiger partial charge in [0, 0.05) is 38.4 Å². The van der Waals surface area contributed by atoms with Crippen LogP contribution in [-0.2, 0) is 13.6 Å². The Balaban J connectivity index is 1.60. The molecule has 0 amide bonds. The molecule has 0 aromatic carbocycles. The number of nitrogens with zero attached hydrogens (tertiary/aromatic N) is 5. The molecule has 1 aliphatic rings. The van der Waals surface area contributed by atoms with Crippen LogP contribution in [0.2, 0.25) is 0 Å². The van der Waals surface area contributed by atoms with E-state index in [9.17, 15) is 0 Å². The number of anilines is 1. The number of hydrogen-bond donors (Lipinski definition) is 1. The molecule has 3 aromatic heterocycles. The molecule has 3 aromatic rings. The minimum atomic E-state index is 0.499. The van der Waals surface area contributed by atoms with Crippen LogP contribution >= 0.6 is 0 Å². The summed E-state index contributed by atoms with van der Waals surface area (Å²) in [5, 5.41) is 8.83. The molecular formula is C17H22N6. The summed E-state index contributed by atoms with van der Waals surface area (Å²) >= 11 is 0. The van der Waals surface area contributed by atoms with E-state index in [-0.39, 0.29) is 0 Å². The molecule has 6 heteroatoms. The van der Waals surface area contributed by atoms with E-state index in [1.165, 1.54) is 25.7 Å². The van der Waals surface area contributed by atoms with Gasteiger partial charge in [0.2, 0.25) is 0 Å². The predicted molar refractivity (Wildman–Crippen MR) is 90.4 cm³/mol. The van der Waals surface area contributed by atoms with Crippen molar-refractivity contribution >= 4 is 16.9 Å². The van der Waals surface area contributed by atoms with Crippen molar-refractivity contribution in [2.45, 2.75) is 38.1 Å². The summed E-state index contributed by atoms with van der Waals surface area (Å²) in [5.41, 5.74) is 0.922. The number of aryl methyl sites for hydroxylation is 1. The molecule has 0 aliphatic heterocycles. The summed E-state index contributed by atoms with van der Waals surface area (Å²) in [6.07, 6.45) is 11.0. The van der Waals surface area contributed by atoms with E-state index in [4.69, 9.17) is 9.97 Å². The fraction of sp³-hybridized carbons (Fsp3) is 0.471. The first-order valence-electron chi connectivity index (χ1n) is 8.35. The van der Waals surface area contributed by atoms with Crippen molar-refractivity contribution in [3.63, 3.8) is 0 Å². The van der Waals surface area contributed by atoms with Crippen LogP contribution in [0.15, 0.2) is 30.7 Å². The third-order valence-corrected chi connectivity index (χ3v) is 4.66. The Morgan fingerprint density at radius 2 is 1.96 bits per heavy atom. The van der Waals surface area contributed by atoms with Crippen LogP contribution < -0.4 is 5.32 Å². The van der Waals surface area contributed by atoms with Gasteiger partial charge in [0.1, 0.15) is 11.6 Å². The quantitative estimate of drug-likeness (QED) is 0.787. The van der Waals surface area contributed by atoms with Crippen LogP contribution in [0.3, 0.4) is 0 Å². The van der Waals surface area contributed by atoms with Crippen molar-refractivity contribution in [3.05, 3.63) is 36.5 Å². The normalized spacial score (nSPS) is 15.5. The zero-order valence-electron chi connectivity index (χ0n) is 13.4. The van der Waals surface area contributed by atoms with Crippen LogP contribution in [0.4, 0.5) is 5.82 Å². The van der Waals surface area contributed by atoms with E-state index in [0.29, 0.717) is 5.92 Å². The highest BCUT2D eigenvalue weighted by atomic mass is 15.3. The zero-order chi connectivity index (χ0) is 15.6. The van der Waals surface area contributed by atoms with Crippen molar-refractivity contribution < 1.29 is 0 Å². The Hall–Kier alpha value is -2.37. The lowest BCUT2D eigenvalue weighted by molar-refractivity contribution is 0.666. The molecule has 1 N–H and O–H groups in total. The molecule has 1 aliphatic carbocycles. The maximum absolute atomic E-state index is 4.83. The molecule has 0 saturated heterocycles. The molecule has 0 unspecified atom stereocenters. The standard InChI is InChI=1S/C17H22N6/c1-22-17-14(12-19-22)16(18-8-11-23-9-4-5-10-23)20-15(21-17)13-6-2-3-7-13/h4-5,9-10,12-13H,2-3,6-8,11H2,1H3,(H,18,20,21). The summed E-state index contributed by atoms with van der Waals surface area (Å²) in [7, 11) is 1.94. The van der Waals surface area contributed by atoms with E-state index < -0.39 is 0 Å². The topological polar surface area (TPSA) is 60.6 Å². The largest absolute Gasteiger partial charge is 0.368 e. The van der Waals surface area contributed by atoms with E-state index >= 15 is 0 Å². The Morgan fingerprint density at radius 3 is 2.74 bits per heavy atom. The highest BCUT2D eigenvalue weighted by Gasteiger charge is 2.22. The fourth-order valence-electron chi connectivity index (χ4n) is 3.36.